The maximum absolute atomic E-state index is 13.0. The van der Waals surface area contributed by atoms with Crippen molar-refractivity contribution in [2.45, 2.75) is 70.5 Å². The molecule has 6 unspecified atom stereocenters. The Bertz CT molecular complexity index is 857. The number of phenols is 1. The van der Waals surface area contributed by atoms with Crippen molar-refractivity contribution in [3.8, 4) is 5.75 Å². The standard InChI is InChI=1S/C22H34N4O8/c1-10(2)17(22(33)34)25-21(32)18(12(4)28)26-19(30)15(24-20(31)16(23)11(3)27)9-13-5-7-14(29)8-6-13/h5-8,10-12,15-18,27-29H,9,23H2,1-4H3,(H,24,31)(H,25,32)(H,26,30)(H,33,34). The number of rotatable bonds is 12. The van der Waals surface area contributed by atoms with Crippen molar-refractivity contribution in [3.63, 3.8) is 0 Å². The summed E-state index contributed by atoms with van der Waals surface area (Å²) in [4.78, 5) is 49.5. The lowest BCUT2D eigenvalue weighted by Crippen LogP contribution is -2.61. The lowest BCUT2D eigenvalue weighted by Gasteiger charge is -2.27. The molecular weight excluding hydrogens is 448 g/mol. The molecule has 9 N–H and O–H groups in total. The van der Waals surface area contributed by atoms with Gasteiger partial charge in [-0.25, -0.2) is 4.79 Å². The van der Waals surface area contributed by atoms with Crippen molar-refractivity contribution in [3.05, 3.63) is 29.8 Å². The van der Waals surface area contributed by atoms with Crippen LogP contribution in [0.2, 0.25) is 0 Å². The average molecular weight is 483 g/mol. The summed E-state index contributed by atoms with van der Waals surface area (Å²) in [6.07, 6.45) is -2.66. The summed E-state index contributed by atoms with van der Waals surface area (Å²) in [6.45, 7) is 5.72. The molecule has 0 bridgehead atoms. The zero-order valence-corrected chi connectivity index (χ0v) is 19.6. The maximum atomic E-state index is 13.0. The van der Waals surface area contributed by atoms with Crippen molar-refractivity contribution in [2.24, 2.45) is 11.7 Å². The van der Waals surface area contributed by atoms with E-state index in [1.807, 2.05) is 0 Å². The molecule has 0 aliphatic heterocycles. The molecular formula is C22H34N4O8. The van der Waals surface area contributed by atoms with Crippen LogP contribution in [0.25, 0.3) is 0 Å². The fraction of sp³-hybridized carbons (Fsp3) is 0.545. The topological polar surface area (TPSA) is 211 Å². The highest BCUT2D eigenvalue weighted by Crippen LogP contribution is 2.12. The van der Waals surface area contributed by atoms with E-state index in [0.717, 1.165) is 0 Å². The molecule has 0 fully saturated rings. The normalized spacial score (nSPS) is 16.5. The molecule has 12 heteroatoms. The Morgan fingerprint density at radius 1 is 0.824 bits per heavy atom. The van der Waals surface area contributed by atoms with E-state index in [2.05, 4.69) is 16.0 Å². The molecule has 1 aromatic rings. The van der Waals surface area contributed by atoms with Crippen LogP contribution in [0.4, 0.5) is 0 Å². The van der Waals surface area contributed by atoms with Crippen molar-refractivity contribution < 1.29 is 39.6 Å². The second kappa shape index (κ2) is 12.9. The monoisotopic (exact) mass is 482 g/mol. The van der Waals surface area contributed by atoms with Gasteiger partial charge in [0, 0.05) is 6.42 Å². The Balaban J connectivity index is 3.11. The fourth-order valence-corrected chi connectivity index (χ4v) is 2.98. The Kier molecular flexibility index (Phi) is 10.9. The van der Waals surface area contributed by atoms with Crippen molar-refractivity contribution in [1.82, 2.24) is 16.0 Å². The molecule has 1 aromatic carbocycles. The summed E-state index contributed by atoms with van der Waals surface area (Å²) in [7, 11) is 0. The minimum absolute atomic E-state index is 0.00566. The highest BCUT2D eigenvalue weighted by Gasteiger charge is 2.34. The van der Waals surface area contributed by atoms with E-state index in [9.17, 15) is 39.6 Å². The van der Waals surface area contributed by atoms with Crippen LogP contribution in [-0.4, -0.2) is 80.5 Å². The summed E-state index contributed by atoms with van der Waals surface area (Å²) in [5.41, 5.74) is 6.19. The third kappa shape index (κ3) is 8.61. The molecule has 0 aliphatic carbocycles. The number of phenolic OH excluding ortho intramolecular Hbond substituents is 1. The van der Waals surface area contributed by atoms with E-state index in [0.29, 0.717) is 5.56 Å². The van der Waals surface area contributed by atoms with Gasteiger partial charge in [0.15, 0.2) is 0 Å². The maximum Gasteiger partial charge on any atom is 0.326 e. The molecule has 0 aliphatic rings. The minimum atomic E-state index is -1.52. The molecule has 34 heavy (non-hydrogen) atoms. The number of carbonyl (C=O) groups is 4. The number of hydrogen-bond acceptors (Lipinski definition) is 8. The van der Waals surface area contributed by atoms with E-state index >= 15 is 0 Å². The smallest absolute Gasteiger partial charge is 0.326 e. The largest absolute Gasteiger partial charge is 0.508 e. The van der Waals surface area contributed by atoms with E-state index in [-0.39, 0.29) is 12.2 Å². The lowest BCUT2D eigenvalue weighted by atomic mass is 10.0. The number of aromatic hydroxyl groups is 1. The Morgan fingerprint density at radius 2 is 1.35 bits per heavy atom. The quantitative estimate of drug-likeness (QED) is 0.169. The van der Waals surface area contributed by atoms with Gasteiger partial charge in [0.05, 0.1) is 12.2 Å². The molecule has 0 aromatic heterocycles. The van der Waals surface area contributed by atoms with Gasteiger partial charge >= 0.3 is 5.97 Å². The van der Waals surface area contributed by atoms with Gasteiger partial charge < -0.3 is 42.1 Å². The second-order valence-electron chi connectivity index (χ2n) is 8.49. The molecule has 3 amide bonds. The number of amides is 3. The number of aliphatic carboxylic acids is 1. The van der Waals surface area contributed by atoms with Gasteiger partial charge in [-0.05, 0) is 37.5 Å². The highest BCUT2D eigenvalue weighted by atomic mass is 16.4. The number of aliphatic hydroxyl groups is 2. The fourth-order valence-electron chi connectivity index (χ4n) is 2.98. The van der Waals surface area contributed by atoms with Crippen LogP contribution in [0.15, 0.2) is 24.3 Å². The molecule has 12 nitrogen and oxygen atoms in total. The highest BCUT2D eigenvalue weighted by molar-refractivity contribution is 5.94. The predicted octanol–water partition coefficient (Wildman–Crippen LogP) is -1.78. The first-order chi connectivity index (χ1) is 15.7. The third-order valence-corrected chi connectivity index (χ3v) is 5.12. The Hall–Kier alpha value is -3.22. The average Bonchev–Trinajstić information content (AvgIpc) is 2.74. The van der Waals surface area contributed by atoms with Crippen LogP contribution in [-0.2, 0) is 25.6 Å². The number of hydrogen-bond donors (Lipinski definition) is 8. The van der Waals surface area contributed by atoms with E-state index < -0.39 is 66.0 Å². The van der Waals surface area contributed by atoms with Crippen molar-refractivity contribution >= 4 is 23.7 Å². The first-order valence-corrected chi connectivity index (χ1v) is 10.8. The predicted molar refractivity (Wildman–Crippen MR) is 121 cm³/mol. The first kappa shape index (κ1) is 28.8. The Morgan fingerprint density at radius 3 is 1.79 bits per heavy atom. The number of carboxylic acids is 1. The van der Waals surface area contributed by atoms with Gasteiger partial charge in [0.2, 0.25) is 17.7 Å². The van der Waals surface area contributed by atoms with Crippen LogP contribution in [0.3, 0.4) is 0 Å². The van der Waals surface area contributed by atoms with Gasteiger partial charge in [-0.1, -0.05) is 26.0 Å². The number of nitrogens with one attached hydrogen (secondary N) is 3. The summed E-state index contributed by atoms with van der Waals surface area (Å²) >= 11 is 0. The minimum Gasteiger partial charge on any atom is -0.508 e. The van der Waals surface area contributed by atoms with Crippen LogP contribution in [0.5, 0.6) is 5.75 Å². The van der Waals surface area contributed by atoms with E-state index in [1.54, 1.807) is 13.8 Å². The van der Waals surface area contributed by atoms with Gasteiger partial charge in [-0.15, -0.1) is 0 Å². The molecule has 0 heterocycles. The van der Waals surface area contributed by atoms with Gasteiger partial charge in [0.25, 0.3) is 0 Å². The third-order valence-electron chi connectivity index (χ3n) is 5.12. The zero-order valence-electron chi connectivity index (χ0n) is 19.6. The summed E-state index contributed by atoms with van der Waals surface area (Å²) in [5.74, 6) is -4.33. The van der Waals surface area contributed by atoms with Crippen molar-refractivity contribution in [2.75, 3.05) is 0 Å². The second-order valence-corrected chi connectivity index (χ2v) is 8.49. The summed E-state index contributed by atoms with van der Waals surface area (Å²) < 4.78 is 0. The molecule has 0 radical (unpaired) electrons. The summed E-state index contributed by atoms with van der Waals surface area (Å²) in [5, 5.41) is 45.5. The van der Waals surface area contributed by atoms with Gasteiger partial charge in [0.1, 0.15) is 29.9 Å². The number of aliphatic hydroxyl groups excluding tert-OH is 2. The number of benzene rings is 1. The molecule has 1 rings (SSSR count). The number of nitrogens with two attached hydrogens (primary N) is 1. The van der Waals surface area contributed by atoms with E-state index in [1.165, 1.54) is 38.1 Å². The summed E-state index contributed by atoms with van der Waals surface area (Å²) in [6, 6.07) is 0.463. The molecule has 6 atom stereocenters. The van der Waals surface area contributed by atoms with Crippen LogP contribution >= 0.6 is 0 Å². The van der Waals surface area contributed by atoms with Gasteiger partial charge in [-0.2, -0.15) is 0 Å². The van der Waals surface area contributed by atoms with Crippen LogP contribution in [0, 0.1) is 5.92 Å². The number of carbonyl (C=O) groups excluding carboxylic acids is 3. The van der Waals surface area contributed by atoms with Crippen molar-refractivity contribution in [1.29, 1.82) is 0 Å². The Labute approximate surface area is 197 Å². The zero-order chi connectivity index (χ0) is 26.2. The molecule has 190 valence electrons. The molecule has 0 saturated carbocycles. The van der Waals surface area contributed by atoms with Crippen LogP contribution < -0.4 is 21.7 Å². The number of carboxylic acid groups (broad SMARTS) is 1. The first-order valence-electron chi connectivity index (χ1n) is 10.8. The van der Waals surface area contributed by atoms with Crippen LogP contribution in [0.1, 0.15) is 33.3 Å². The van der Waals surface area contributed by atoms with Gasteiger partial charge in [-0.3, -0.25) is 14.4 Å². The molecule has 0 saturated heterocycles. The lowest BCUT2D eigenvalue weighted by molar-refractivity contribution is -0.144. The SMILES string of the molecule is CC(C)C(NC(=O)C(NC(=O)C(Cc1ccc(O)cc1)NC(=O)C(N)C(C)O)C(C)O)C(=O)O. The molecule has 0 spiro atoms. The van der Waals surface area contributed by atoms with E-state index in [4.69, 9.17) is 5.73 Å².